The van der Waals surface area contributed by atoms with Gasteiger partial charge in [-0.2, -0.15) is 8.78 Å². The van der Waals surface area contributed by atoms with Crippen LogP contribution in [0.1, 0.15) is 12.8 Å². The molecule has 0 saturated heterocycles. The average molecular weight is 186 g/mol. The van der Waals surface area contributed by atoms with Gasteiger partial charge in [0.2, 0.25) is 0 Å². The Morgan fingerprint density at radius 3 is 2.25 bits per heavy atom. The fourth-order valence-corrected chi connectivity index (χ4v) is 1.13. The van der Waals surface area contributed by atoms with Gasteiger partial charge >= 0.3 is 11.9 Å². The first kappa shape index (κ1) is 9.28. The van der Waals surface area contributed by atoms with E-state index in [0.29, 0.717) is 0 Å². The van der Waals surface area contributed by atoms with E-state index in [2.05, 4.69) is 0 Å². The second-order valence-electron chi connectivity index (χ2n) is 2.83. The molecule has 0 radical (unpaired) electrons. The number of carboxylic acid groups (broad SMARTS) is 1. The lowest BCUT2D eigenvalue weighted by atomic mass is 9.73. The van der Waals surface area contributed by atoms with E-state index in [1.807, 2.05) is 0 Å². The van der Waals surface area contributed by atoms with Crippen molar-refractivity contribution < 1.29 is 27.5 Å². The molecule has 6 heteroatoms. The Kier molecular flexibility index (Phi) is 1.81. The average Bonchev–Trinajstić information content (AvgIpc) is 1.85. The van der Waals surface area contributed by atoms with Crippen molar-refractivity contribution >= 4 is 5.97 Å². The second kappa shape index (κ2) is 2.34. The largest absolute Gasteiger partial charge is 0.481 e. The van der Waals surface area contributed by atoms with Crippen LogP contribution in [0.5, 0.6) is 0 Å². The van der Waals surface area contributed by atoms with Crippen molar-refractivity contribution in [3.8, 4) is 0 Å². The molecule has 2 atom stereocenters. The number of alkyl halides is 4. The molecule has 0 aromatic rings. The van der Waals surface area contributed by atoms with Gasteiger partial charge in [-0.3, -0.25) is 4.79 Å². The molecule has 2 nitrogen and oxygen atoms in total. The molecule has 1 fully saturated rings. The van der Waals surface area contributed by atoms with Gasteiger partial charge in [0.05, 0.1) is 6.42 Å². The Bertz CT molecular complexity index is 218. The van der Waals surface area contributed by atoms with E-state index in [9.17, 15) is 22.4 Å². The molecule has 12 heavy (non-hydrogen) atoms. The Hall–Kier alpha value is -0.810. The van der Waals surface area contributed by atoms with E-state index >= 15 is 0 Å². The highest BCUT2D eigenvalue weighted by atomic mass is 19.3. The third kappa shape index (κ3) is 1.05. The molecular formula is C6H6F4O2. The van der Waals surface area contributed by atoms with E-state index in [1.54, 1.807) is 0 Å². The molecule has 1 saturated carbocycles. The predicted octanol–water partition coefficient (Wildman–Crippen LogP) is 1.55. The van der Waals surface area contributed by atoms with Crippen molar-refractivity contribution in [3.63, 3.8) is 0 Å². The molecule has 1 N–H and O–H groups in total. The Morgan fingerprint density at radius 1 is 1.50 bits per heavy atom. The van der Waals surface area contributed by atoms with Gasteiger partial charge in [0.1, 0.15) is 0 Å². The molecule has 0 spiro atoms. The Morgan fingerprint density at radius 2 is 2.00 bits per heavy atom. The fourth-order valence-electron chi connectivity index (χ4n) is 1.13. The van der Waals surface area contributed by atoms with Crippen LogP contribution in [0.4, 0.5) is 17.6 Å². The van der Waals surface area contributed by atoms with Crippen LogP contribution in [0.3, 0.4) is 0 Å². The van der Waals surface area contributed by atoms with Crippen LogP contribution in [-0.2, 0) is 4.79 Å². The van der Waals surface area contributed by atoms with Crippen molar-refractivity contribution in [2.75, 3.05) is 0 Å². The highest BCUT2D eigenvalue weighted by Gasteiger charge is 2.71. The van der Waals surface area contributed by atoms with Crippen molar-refractivity contribution in [2.45, 2.75) is 30.6 Å². The van der Waals surface area contributed by atoms with Crippen molar-refractivity contribution in [1.29, 1.82) is 0 Å². The summed E-state index contributed by atoms with van der Waals surface area (Å²) in [7, 11) is 0. The van der Waals surface area contributed by atoms with Crippen molar-refractivity contribution in [3.05, 3.63) is 0 Å². The van der Waals surface area contributed by atoms with Gasteiger partial charge in [-0.15, -0.1) is 0 Å². The minimum absolute atomic E-state index is 1.04. The van der Waals surface area contributed by atoms with Crippen LogP contribution < -0.4 is 0 Å². The number of carboxylic acids is 1. The van der Waals surface area contributed by atoms with Crippen LogP contribution in [0.25, 0.3) is 0 Å². The smallest absolute Gasteiger partial charge is 0.312 e. The first-order chi connectivity index (χ1) is 5.29. The molecule has 0 aromatic carbocycles. The van der Waals surface area contributed by atoms with Crippen LogP contribution in [-0.4, -0.2) is 28.8 Å². The molecule has 0 aromatic heterocycles. The lowest BCUT2D eigenvalue weighted by molar-refractivity contribution is -0.260. The van der Waals surface area contributed by atoms with Gasteiger partial charge < -0.3 is 5.11 Å². The SMILES string of the molecule is O=C(O)C[C@@]1(F)C[C@H](F)C1(F)F. The summed E-state index contributed by atoms with van der Waals surface area (Å²) in [6.45, 7) is 0. The Labute approximate surface area is 65.2 Å². The highest BCUT2D eigenvalue weighted by Crippen LogP contribution is 2.53. The fraction of sp³-hybridized carbons (Fsp3) is 0.833. The summed E-state index contributed by atoms with van der Waals surface area (Å²) in [5, 5.41) is 8.04. The topological polar surface area (TPSA) is 37.3 Å². The monoisotopic (exact) mass is 186 g/mol. The molecular weight excluding hydrogens is 180 g/mol. The predicted molar refractivity (Wildman–Crippen MR) is 30.6 cm³/mol. The van der Waals surface area contributed by atoms with Gasteiger partial charge in [0.15, 0.2) is 11.8 Å². The maximum atomic E-state index is 12.8. The molecule has 0 bridgehead atoms. The highest BCUT2D eigenvalue weighted by molar-refractivity contribution is 5.69. The summed E-state index contributed by atoms with van der Waals surface area (Å²) in [6, 6.07) is 0. The zero-order valence-corrected chi connectivity index (χ0v) is 5.86. The summed E-state index contributed by atoms with van der Waals surface area (Å²) in [5.74, 6) is -5.84. The minimum Gasteiger partial charge on any atom is -0.481 e. The van der Waals surface area contributed by atoms with E-state index in [1.165, 1.54) is 0 Å². The molecule has 0 amide bonds. The summed E-state index contributed by atoms with van der Waals surface area (Å²) >= 11 is 0. The number of hydrogen-bond acceptors (Lipinski definition) is 1. The van der Waals surface area contributed by atoms with Gasteiger partial charge in [0, 0.05) is 6.42 Å². The number of carbonyl (C=O) groups is 1. The van der Waals surface area contributed by atoms with Gasteiger partial charge in [-0.05, 0) is 0 Å². The molecule has 1 aliphatic carbocycles. The normalized spacial score (nSPS) is 38.8. The number of aliphatic carboxylic acids is 1. The van der Waals surface area contributed by atoms with Gasteiger partial charge in [0.25, 0.3) is 0 Å². The molecule has 0 unspecified atom stereocenters. The van der Waals surface area contributed by atoms with Gasteiger partial charge in [-0.1, -0.05) is 0 Å². The number of halogens is 4. The maximum Gasteiger partial charge on any atom is 0.312 e. The van der Waals surface area contributed by atoms with Crippen molar-refractivity contribution in [1.82, 2.24) is 0 Å². The molecule has 0 aliphatic heterocycles. The zero-order valence-electron chi connectivity index (χ0n) is 5.86. The van der Waals surface area contributed by atoms with Crippen LogP contribution in [0.15, 0.2) is 0 Å². The lowest BCUT2D eigenvalue weighted by Crippen LogP contribution is -2.63. The minimum atomic E-state index is -4.15. The lowest BCUT2D eigenvalue weighted by Gasteiger charge is -2.44. The molecule has 70 valence electrons. The van der Waals surface area contributed by atoms with E-state index in [4.69, 9.17) is 5.11 Å². The van der Waals surface area contributed by atoms with Crippen LogP contribution >= 0.6 is 0 Å². The third-order valence-electron chi connectivity index (χ3n) is 1.92. The first-order valence-corrected chi connectivity index (χ1v) is 3.22. The molecule has 0 heterocycles. The third-order valence-corrected chi connectivity index (χ3v) is 1.92. The maximum absolute atomic E-state index is 12.8. The molecule has 1 rings (SSSR count). The van der Waals surface area contributed by atoms with E-state index in [0.717, 1.165) is 0 Å². The number of hydrogen-bond donors (Lipinski definition) is 1. The quantitative estimate of drug-likeness (QED) is 0.664. The van der Waals surface area contributed by atoms with E-state index in [-0.39, 0.29) is 0 Å². The second-order valence-corrected chi connectivity index (χ2v) is 2.83. The first-order valence-electron chi connectivity index (χ1n) is 3.22. The van der Waals surface area contributed by atoms with Crippen LogP contribution in [0, 0.1) is 0 Å². The van der Waals surface area contributed by atoms with Crippen molar-refractivity contribution in [2.24, 2.45) is 0 Å². The zero-order chi connectivity index (χ0) is 9.57. The van der Waals surface area contributed by atoms with Crippen LogP contribution in [0.2, 0.25) is 0 Å². The summed E-state index contributed by atoms with van der Waals surface area (Å²) < 4.78 is 49.5. The summed E-state index contributed by atoms with van der Waals surface area (Å²) in [5.41, 5.74) is -3.20. The summed E-state index contributed by atoms with van der Waals surface area (Å²) in [6.07, 6.45) is -4.94. The molecule has 1 aliphatic rings. The standard InChI is InChI=1S/C6H6F4O2/c7-3-1-5(8,2-4(11)12)6(3,9)10/h3H,1-2H2,(H,11,12)/t3-,5-/m0/s1. The Balaban J connectivity index is 2.70. The summed E-state index contributed by atoms with van der Waals surface area (Å²) in [4.78, 5) is 9.91. The van der Waals surface area contributed by atoms with Gasteiger partial charge in [-0.25, -0.2) is 8.78 Å². The van der Waals surface area contributed by atoms with E-state index < -0.39 is 36.6 Å². The number of rotatable bonds is 2.